The molecule has 0 aliphatic carbocycles. The van der Waals surface area contributed by atoms with Gasteiger partial charge in [-0.3, -0.25) is 0 Å². The van der Waals surface area contributed by atoms with Crippen molar-refractivity contribution in [2.24, 2.45) is 5.92 Å². The molecule has 0 amide bonds. The van der Waals surface area contributed by atoms with Gasteiger partial charge in [0.1, 0.15) is 5.75 Å². The van der Waals surface area contributed by atoms with Crippen molar-refractivity contribution >= 4 is 0 Å². The quantitative estimate of drug-likeness (QED) is 0.826. The molecular formula is C14H23NO. The van der Waals surface area contributed by atoms with E-state index in [1.807, 2.05) is 12.1 Å². The van der Waals surface area contributed by atoms with E-state index in [1.54, 1.807) is 6.07 Å². The second kappa shape index (κ2) is 5.90. The van der Waals surface area contributed by atoms with Crippen molar-refractivity contribution in [1.29, 1.82) is 0 Å². The molecule has 1 N–H and O–H groups in total. The highest BCUT2D eigenvalue weighted by Crippen LogP contribution is 2.30. The summed E-state index contributed by atoms with van der Waals surface area (Å²) in [7, 11) is 4.21. The summed E-state index contributed by atoms with van der Waals surface area (Å²) in [4.78, 5) is 2.22. The molecule has 0 spiro atoms. The van der Waals surface area contributed by atoms with Crippen LogP contribution in [0, 0.1) is 5.92 Å². The third-order valence-corrected chi connectivity index (χ3v) is 3.08. The molecular weight excluding hydrogens is 198 g/mol. The Morgan fingerprint density at radius 2 is 2.00 bits per heavy atom. The molecule has 0 aliphatic rings. The number of rotatable bonds is 5. The average molecular weight is 221 g/mol. The van der Waals surface area contributed by atoms with Crippen molar-refractivity contribution in [2.45, 2.75) is 26.2 Å². The molecule has 0 radical (unpaired) electrons. The first-order valence-corrected chi connectivity index (χ1v) is 5.98. The maximum absolute atomic E-state index is 9.51. The SMILES string of the molecule is CCC(c1cccc(O)c1)[C@@H](C)CN(C)C. The lowest BCUT2D eigenvalue weighted by molar-refractivity contribution is 0.301. The Kier molecular flexibility index (Phi) is 4.81. The lowest BCUT2D eigenvalue weighted by Gasteiger charge is -2.26. The number of phenols is 1. The van der Waals surface area contributed by atoms with Crippen LogP contribution in [0.5, 0.6) is 5.75 Å². The summed E-state index contributed by atoms with van der Waals surface area (Å²) in [5.74, 6) is 1.49. The molecule has 0 aromatic heterocycles. The topological polar surface area (TPSA) is 23.5 Å². The van der Waals surface area contributed by atoms with Crippen molar-refractivity contribution < 1.29 is 5.11 Å². The van der Waals surface area contributed by atoms with Crippen LogP contribution in [0.25, 0.3) is 0 Å². The molecule has 0 fully saturated rings. The lowest BCUT2D eigenvalue weighted by Crippen LogP contribution is -2.24. The van der Waals surface area contributed by atoms with Gasteiger partial charge in [0.05, 0.1) is 0 Å². The van der Waals surface area contributed by atoms with Gasteiger partial charge in [-0.15, -0.1) is 0 Å². The van der Waals surface area contributed by atoms with Crippen LogP contribution >= 0.6 is 0 Å². The van der Waals surface area contributed by atoms with Crippen LogP contribution < -0.4 is 0 Å². The minimum absolute atomic E-state index is 0.369. The van der Waals surface area contributed by atoms with E-state index in [-0.39, 0.29) is 0 Å². The molecule has 1 aromatic carbocycles. The number of benzene rings is 1. The van der Waals surface area contributed by atoms with E-state index in [9.17, 15) is 5.11 Å². The fourth-order valence-electron chi connectivity index (χ4n) is 2.43. The predicted molar refractivity (Wildman–Crippen MR) is 68.9 cm³/mol. The smallest absolute Gasteiger partial charge is 0.115 e. The third kappa shape index (κ3) is 3.53. The van der Waals surface area contributed by atoms with E-state index < -0.39 is 0 Å². The van der Waals surface area contributed by atoms with Gasteiger partial charge in [-0.2, -0.15) is 0 Å². The van der Waals surface area contributed by atoms with Gasteiger partial charge in [0.2, 0.25) is 0 Å². The fourth-order valence-corrected chi connectivity index (χ4v) is 2.43. The highest BCUT2D eigenvalue weighted by Gasteiger charge is 2.18. The Hall–Kier alpha value is -1.02. The maximum atomic E-state index is 9.51. The first-order valence-electron chi connectivity index (χ1n) is 5.98. The van der Waals surface area contributed by atoms with Crippen LogP contribution in [-0.4, -0.2) is 30.6 Å². The molecule has 1 rings (SSSR count). The zero-order chi connectivity index (χ0) is 12.1. The predicted octanol–water partition coefficient (Wildman–Crippen LogP) is 3.08. The number of nitrogens with zero attached hydrogens (tertiary/aromatic N) is 1. The standard InChI is InChI=1S/C14H23NO/c1-5-14(11(2)10-15(3)4)12-7-6-8-13(16)9-12/h6-9,11,14,16H,5,10H2,1-4H3/t11-,14?/m0/s1. The van der Waals surface area contributed by atoms with Gasteiger partial charge in [-0.05, 0) is 50.0 Å². The molecule has 0 saturated carbocycles. The fraction of sp³-hybridized carbons (Fsp3) is 0.571. The van der Waals surface area contributed by atoms with E-state index >= 15 is 0 Å². The molecule has 2 nitrogen and oxygen atoms in total. The Morgan fingerprint density at radius 3 is 2.50 bits per heavy atom. The minimum Gasteiger partial charge on any atom is -0.508 e. The van der Waals surface area contributed by atoms with Crippen LogP contribution in [0.3, 0.4) is 0 Å². The van der Waals surface area contributed by atoms with Crippen molar-refractivity contribution in [2.75, 3.05) is 20.6 Å². The van der Waals surface area contributed by atoms with Crippen LogP contribution in [-0.2, 0) is 0 Å². The monoisotopic (exact) mass is 221 g/mol. The molecule has 0 aliphatic heterocycles. The highest BCUT2D eigenvalue weighted by molar-refractivity contribution is 5.30. The summed E-state index contributed by atoms with van der Waals surface area (Å²) in [6, 6.07) is 7.66. The summed E-state index contributed by atoms with van der Waals surface area (Å²) in [6.45, 7) is 5.56. The van der Waals surface area contributed by atoms with Gasteiger partial charge in [-0.1, -0.05) is 26.0 Å². The summed E-state index contributed by atoms with van der Waals surface area (Å²) < 4.78 is 0. The minimum atomic E-state index is 0.369. The average Bonchev–Trinajstić information content (AvgIpc) is 2.17. The highest BCUT2D eigenvalue weighted by atomic mass is 16.3. The zero-order valence-electron chi connectivity index (χ0n) is 10.8. The van der Waals surface area contributed by atoms with Crippen LogP contribution in [0.4, 0.5) is 0 Å². The summed E-state index contributed by atoms with van der Waals surface area (Å²) in [5, 5.41) is 9.51. The van der Waals surface area contributed by atoms with Crippen molar-refractivity contribution in [3.63, 3.8) is 0 Å². The lowest BCUT2D eigenvalue weighted by atomic mass is 9.85. The van der Waals surface area contributed by atoms with Gasteiger partial charge in [0.15, 0.2) is 0 Å². The second-order valence-corrected chi connectivity index (χ2v) is 4.85. The summed E-state index contributed by atoms with van der Waals surface area (Å²) >= 11 is 0. The molecule has 90 valence electrons. The van der Waals surface area contributed by atoms with Gasteiger partial charge in [0, 0.05) is 6.54 Å². The van der Waals surface area contributed by atoms with Crippen molar-refractivity contribution in [3.8, 4) is 5.75 Å². The molecule has 2 atom stereocenters. The molecule has 0 saturated heterocycles. The maximum Gasteiger partial charge on any atom is 0.115 e. The zero-order valence-corrected chi connectivity index (χ0v) is 10.8. The van der Waals surface area contributed by atoms with Gasteiger partial charge in [0.25, 0.3) is 0 Å². The Morgan fingerprint density at radius 1 is 1.31 bits per heavy atom. The Labute approximate surface area is 98.9 Å². The number of hydrogen-bond donors (Lipinski definition) is 1. The molecule has 1 aromatic rings. The first-order chi connectivity index (χ1) is 7.54. The van der Waals surface area contributed by atoms with Crippen LogP contribution in [0.2, 0.25) is 0 Å². The summed E-state index contributed by atoms with van der Waals surface area (Å²) in [5.41, 5.74) is 1.25. The molecule has 0 bridgehead atoms. The molecule has 16 heavy (non-hydrogen) atoms. The van der Waals surface area contributed by atoms with E-state index in [1.165, 1.54) is 5.56 Å². The molecule has 2 heteroatoms. The third-order valence-electron chi connectivity index (χ3n) is 3.08. The second-order valence-electron chi connectivity index (χ2n) is 4.85. The van der Waals surface area contributed by atoms with Gasteiger partial charge in [-0.25, -0.2) is 0 Å². The molecule has 0 heterocycles. The van der Waals surface area contributed by atoms with Crippen molar-refractivity contribution in [1.82, 2.24) is 4.90 Å². The van der Waals surface area contributed by atoms with E-state index in [2.05, 4.69) is 38.9 Å². The number of hydrogen-bond acceptors (Lipinski definition) is 2. The van der Waals surface area contributed by atoms with Crippen molar-refractivity contribution in [3.05, 3.63) is 29.8 Å². The normalized spacial score (nSPS) is 15.1. The van der Waals surface area contributed by atoms with E-state index in [0.717, 1.165) is 13.0 Å². The van der Waals surface area contributed by atoms with Gasteiger partial charge >= 0.3 is 0 Å². The summed E-state index contributed by atoms with van der Waals surface area (Å²) in [6.07, 6.45) is 1.11. The first kappa shape index (κ1) is 13.0. The van der Waals surface area contributed by atoms with Crippen LogP contribution in [0.15, 0.2) is 24.3 Å². The van der Waals surface area contributed by atoms with Crippen LogP contribution in [0.1, 0.15) is 31.7 Å². The van der Waals surface area contributed by atoms with E-state index in [4.69, 9.17) is 0 Å². The van der Waals surface area contributed by atoms with Gasteiger partial charge < -0.3 is 10.0 Å². The Balaban J connectivity index is 2.81. The number of phenolic OH excluding ortho intramolecular Hbond substituents is 1. The largest absolute Gasteiger partial charge is 0.508 e. The Bertz CT molecular complexity index is 322. The number of aromatic hydroxyl groups is 1. The van der Waals surface area contributed by atoms with E-state index in [0.29, 0.717) is 17.6 Å². The molecule has 1 unspecified atom stereocenters.